The van der Waals surface area contributed by atoms with Crippen molar-refractivity contribution < 1.29 is 4.79 Å². The van der Waals surface area contributed by atoms with E-state index < -0.39 is 0 Å². The number of imidazole rings is 1. The van der Waals surface area contributed by atoms with Gasteiger partial charge in [0.05, 0.1) is 12.0 Å². The van der Waals surface area contributed by atoms with E-state index in [9.17, 15) is 4.79 Å². The third kappa shape index (κ3) is 2.32. The lowest BCUT2D eigenvalue weighted by Gasteiger charge is -2.29. The molecular weight excluding hydrogens is 202 g/mol. The molecule has 0 amide bonds. The summed E-state index contributed by atoms with van der Waals surface area (Å²) in [6.07, 6.45) is 4.49. The molecule has 1 unspecified atom stereocenters. The van der Waals surface area contributed by atoms with Crippen molar-refractivity contribution in [3.63, 3.8) is 0 Å². The fraction of sp³-hybridized carbons (Fsp3) is 0.667. The molecule has 1 atom stereocenters. The van der Waals surface area contributed by atoms with E-state index in [1.54, 1.807) is 0 Å². The first-order valence-corrected chi connectivity index (χ1v) is 5.94. The zero-order valence-electron chi connectivity index (χ0n) is 10.0. The van der Waals surface area contributed by atoms with Gasteiger partial charge in [-0.3, -0.25) is 9.69 Å². The zero-order chi connectivity index (χ0) is 11.5. The van der Waals surface area contributed by atoms with Crippen LogP contribution >= 0.6 is 0 Å². The maximum atomic E-state index is 11.4. The SMILES string of the molecule is CCn1cncc1CN1CCC(=O)C(C)C1. The van der Waals surface area contributed by atoms with Gasteiger partial charge < -0.3 is 4.57 Å². The van der Waals surface area contributed by atoms with Gasteiger partial charge in [-0.25, -0.2) is 4.98 Å². The summed E-state index contributed by atoms with van der Waals surface area (Å²) in [6, 6.07) is 0. The molecule has 88 valence electrons. The third-order valence-corrected chi connectivity index (χ3v) is 3.28. The summed E-state index contributed by atoms with van der Waals surface area (Å²) in [5.74, 6) is 0.590. The summed E-state index contributed by atoms with van der Waals surface area (Å²) in [4.78, 5) is 17.9. The molecule has 0 radical (unpaired) electrons. The van der Waals surface area contributed by atoms with Crippen LogP contribution in [0.1, 0.15) is 26.0 Å². The lowest BCUT2D eigenvalue weighted by molar-refractivity contribution is -0.125. The average molecular weight is 221 g/mol. The molecule has 0 bridgehead atoms. The molecular formula is C12H19N3O. The van der Waals surface area contributed by atoms with E-state index in [-0.39, 0.29) is 5.92 Å². The standard InChI is InChI=1S/C12H19N3O/c1-3-15-9-13-6-11(15)8-14-5-4-12(16)10(2)7-14/h6,9-10H,3-5,7-8H2,1-2H3. The number of carbonyl (C=O) groups is 1. The first-order valence-electron chi connectivity index (χ1n) is 5.94. The Bertz CT molecular complexity index is 372. The van der Waals surface area contributed by atoms with Gasteiger partial charge in [0.25, 0.3) is 0 Å². The van der Waals surface area contributed by atoms with Gasteiger partial charge >= 0.3 is 0 Å². The predicted molar refractivity (Wildman–Crippen MR) is 62.0 cm³/mol. The number of nitrogens with zero attached hydrogens (tertiary/aromatic N) is 3. The van der Waals surface area contributed by atoms with Crippen LogP contribution in [0.3, 0.4) is 0 Å². The molecule has 4 heteroatoms. The largest absolute Gasteiger partial charge is 0.334 e. The summed E-state index contributed by atoms with van der Waals surface area (Å²) in [5.41, 5.74) is 1.24. The highest BCUT2D eigenvalue weighted by atomic mass is 16.1. The van der Waals surface area contributed by atoms with Crippen molar-refractivity contribution in [2.45, 2.75) is 33.4 Å². The van der Waals surface area contributed by atoms with Crippen LogP contribution in [0.25, 0.3) is 0 Å². The number of ketones is 1. The number of hydrogen-bond donors (Lipinski definition) is 0. The lowest BCUT2D eigenvalue weighted by Crippen LogP contribution is -2.39. The highest BCUT2D eigenvalue weighted by molar-refractivity contribution is 5.81. The number of aromatic nitrogens is 2. The Kier molecular flexibility index (Phi) is 3.39. The predicted octanol–water partition coefficient (Wildman–Crippen LogP) is 1.31. The minimum absolute atomic E-state index is 0.187. The Morgan fingerprint density at radius 3 is 3.06 bits per heavy atom. The maximum Gasteiger partial charge on any atom is 0.138 e. The van der Waals surface area contributed by atoms with Crippen molar-refractivity contribution in [2.75, 3.05) is 13.1 Å². The molecule has 2 heterocycles. The summed E-state index contributed by atoms with van der Waals surface area (Å²) < 4.78 is 2.15. The van der Waals surface area contributed by atoms with E-state index in [0.717, 1.165) is 26.2 Å². The molecule has 1 saturated heterocycles. The minimum atomic E-state index is 0.187. The minimum Gasteiger partial charge on any atom is -0.334 e. The smallest absolute Gasteiger partial charge is 0.138 e. The van der Waals surface area contributed by atoms with E-state index in [1.165, 1.54) is 5.69 Å². The number of aryl methyl sites for hydroxylation is 1. The van der Waals surface area contributed by atoms with E-state index in [0.29, 0.717) is 12.2 Å². The van der Waals surface area contributed by atoms with Crippen molar-refractivity contribution in [1.29, 1.82) is 0 Å². The molecule has 0 spiro atoms. The number of piperidine rings is 1. The Morgan fingerprint density at radius 1 is 1.56 bits per heavy atom. The van der Waals surface area contributed by atoms with Crippen LogP contribution in [0.4, 0.5) is 0 Å². The number of carbonyl (C=O) groups excluding carboxylic acids is 1. The van der Waals surface area contributed by atoms with Gasteiger partial charge in [0.2, 0.25) is 0 Å². The summed E-state index contributed by atoms with van der Waals surface area (Å²) in [6.45, 7) is 7.77. The van der Waals surface area contributed by atoms with Crippen LogP contribution < -0.4 is 0 Å². The van der Waals surface area contributed by atoms with Crippen LogP contribution in [0.2, 0.25) is 0 Å². The van der Waals surface area contributed by atoms with Crippen molar-refractivity contribution >= 4 is 5.78 Å². The van der Waals surface area contributed by atoms with Crippen molar-refractivity contribution in [2.24, 2.45) is 5.92 Å². The van der Waals surface area contributed by atoms with Crippen LogP contribution in [-0.2, 0) is 17.9 Å². The van der Waals surface area contributed by atoms with Crippen molar-refractivity contribution in [3.05, 3.63) is 18.2 Å². The molecule has 16 heavy (non-hydrogen) atoms. The van der Waals surface area contributed by atoms with Gasteiger partial charge in [-0.15, -0.1) is 0 Å². The Morgan fingerprint density at radius 2 is 2.38 bits per heavy atom. The molecule has 2 rings (SSSR count). The molecule has 1 aromatic rings. The molecule has 4 nitrogen and oxygen atoms in total. The number of hydrogen-bond acceptors (Lipinski definition) is 3. The van der Waals surface area contributed by atoms with Gasteiger partial charge in [-0.1, -0.05) is 6.92 Å². The van der Waals surface area contributed by atoms with Crippen molar-refractivity contribution in [3.8, 4) is 0 Å². The fourth-order valence-corrected chi connectivity index (χ4v) is 2.23. The molecule has 0 aliphatic carbocycles. The van der Waals surface area contributed by atoms with Gasteiger partial charge in [0, 0.05) is 44.7 Å². The van der Waals surface area contributed by atoms with Gasteiger partial charge in [0.1, 0.15) is 5.78 Å². The monoisotopic (exact) mass is 221 g/mol. The van der Waals surface area contributed by atoms with Crippen LogP contribution in [0.15, 0.2) is 12.5 Å². The highest BCUT2D eigenvalue weighted by Gasteiger charge is 2.23. The molecule has 0 aromatic carbocycles. The van der Waals surface area contributed by atoms with Crippen LogP contribution in [0, 0.1) is 5.92 Å². The van der Waals surface area contributed by atoms with Gasteiger partial charge in [0.15, 0.2) is 0 Å². The Balaban J connectivity index is 1.98. The van der Waals surface area contributed by atoms with E-state index in [1.807, 2.05) is 19.4 Å². The second-order valence-electron chi connectivity index (χ2n) is 4.52. The van der Waals surface area contributed by atoms with Crippen molar-refractivity contribution in [1.82, 2.24) is 14.5 Å². The second-order valence-corrected chi connectivity index (χ2v) is 4.52. The quantitative estimate of drug-likeness (QED) is 0.772. The summed E-state index contributed by atoms with van der Waals surface area (Å²) in [7, 11) is 0. The van der Waals surface area contributed by atoms with E-state index >= 15 is 0 Å². The number of Topliss-reactive ketones (excluding diaryl/α,β-unsaturated/α-hetero) is 1. The molecule has 1 aliphatic rings. The lowest BCUT2D eigenvalue weighted by atomic mass is 9.98. The second kappa shape index (κ2) is 4.78. The van der Waals surface area contributed by atoms with Crippen LogP contribution in [0.5, 0.6) is 0 Å². The summed E-state index contributed by atoms with van der Waals surface area (Å²) in [5, 5.41) is 0. The highest BCUT2D eigenvalue weighted by Crippen LogP contribution is 2.15. The van der Waals surface area contributed by atoms with E-state index in [2.05, 4.69) is 21.4 Å². The first kappa shape index (κ1) is 11.3. The molecule has 1 fully saturated rings. The van der Waals surface area contributed by atoms with Gasteiger partial charge in [-0.2, -0.15) is 0 Å². The first-order chi connectivity index (χ1) is 7.70. The normalized spacial score (nSPS) is 22.6. The molecule has 1 aromatic heterocycles. The average Bonchev–Trinajstić information content (AvgIpc) is 2.71. The fourth-order valence-electron chi connectivity index (χ4n) is 2.23. The zero-order valence-corrected chi connectivity index (χ0v) is 10.0. The van der Waals surface area contributed by atoms with E-state index in [4.69, 9.17) is 0 Å². The van der Waals surface area contributed by atoms with Crippen LogP contribution in [-0.4, -0.2) is 33.3 Å². The maximum absolute atomic E-state index is 11.4. The third-order valence-electron chi connectivity index (χ3n) is 3.28. The molecule has 0 N–H and O–H groups in total. The molecule has 1 aliphatic heterocycles. The topological polar surface area (TPSA) is 38.1 Å². The molecule has 0 saturated carbocycles. The number of likely N-dealkylation sites (tertiary alicyclic amines) is 1. The van der Waals surface area contributed by atoms with Gasteiger partial charge in [-0.05, 0) is 6.92 Å². The Hall–Kier alpha value is -1.16. The Labute approximate surface area is 96.3 Å². The number of rotatable bonds is 3. The summed E-state index contributed by atoms with van der Waals surface area (Å²) >= 11 is 0.